The highest BCUT2D eigenvalue weighted by atomic mass is 19.1. The minimum atomic E-state index is -0.402. The first-order valence-corrected chi connectivity index (χ1v) is 6.65. The lowest BCUT2D eigenvalue weighted by Gasteiger charge is -2.14. The van der Waals surface area contributed by atoms with Crippen LogP contribution in [0.3, 0.4) is 0 Å². The summed E-state index contributed by atoms with van der Waals surface area (Å²) in [6, 6.07) is 6.18. The van der Waals surface area contributed by atoms with Gasteiger partial charge in [0.15, 0.2) is 0 Å². The van der Waals surface area contributed by atoms with Gasteiger partial charge in [0.2, 0.25) is 11.8 Å². The molecule has 1 aromatic carbocycles. The molecule has 1 aliphatic rings. The first kappa shape index (κ1) is 14.2. The van der Waals surface area contributed by atoms with Crippen LogP contribution in [0, 0.1) is 5.82 Å². The van der Waals surface area contributed by atoms with E-state index in [2.05, 4.69) is 5.32 Å². The molecule has 0 atom stereocenters. The fourth-order valence-corrected chi connectivity index (χ4v) is 2.08. The number of hydrogen-bond acceptors (Lipinski definition) is 2. The molecule has 1 aromatic rings. The Kier molecular flexibility index (Phi) is 4.87. The van der Waals surface area contributed by atoms with Crippen LogP contribution in [0.5, 0.6) is 0 Å². The third-order valence-electron chi connectivity index (χ3n) is 3.19. The van der Waals surface area contributed by atoms with Gasteiger partial charge in [-0.1, -0.05) is 18.2 Å². The summed E-state index contributed by atoms with van der Waals surface area (Å²) >= 11 is 0. The molecule has 1 heterocycles. The largest absolute Gasteiger partial charge is 0.343 e. The van der Waals surface area contributed by atoms with Crippen molar-refractivity contribution in [2.75, 3.05) is 19.6 Å². The maximum Gasteiger partial charge on any atom is 0.244 e. The molecule has 0 spiro atoms. The Labute approximate surface area is 117 Å². The number of nitrogens with zero attached hydrogens (tertiary/aromatic N) is 1. The van der Waals surface area contributed by atoms with Gasteiger partial charge in [-0.05, 0) is 25.0 Å². The molecular weight excluding hydrogens is 259 g/mol. The third kappa shape index (κ3) is 3.91. The Morgan fingerprint density at radius 3 is 2.65 bits per heavy atom. The molecule has 1 saturated heterocycles. The number of halogens is 1. The number of hydrogen-bond donors (Lipinski definition) is 1. The van der Waals surface area contributed by atoms with Crippen molar-refractivity contribution in [3.63, 3.8) is 0 Å². The number of rotatable bonds is 4. The summed E-state index contributed by atoms with van der Waals surface area (Å²) in [5.41, 5.74) is 0.341. The molecule has 0 aliphatic carbocycles. The molecule has 0 radical (unpaired) electrons. The van der Waals surface area contributed by atoms with E-state index in [0.29, 0.717) is 5.56 Å². The Bertz CT molecular complexity index is 522. The highest BCUT2D eigenvalue weighted by molar-refractivity contribution is 5.94. The van der Waals surface area contributed by atoms with Crippen molar-refractivity contribution in [2.45, 2.75) is 12.8 Å². The van der Waals surface area contributed by atoms with Crippen LogP contribution in [0.2, 0.25) is 0 Å². The van der Waals surface area contributed by atoms with Crippen LogP contribution in [-0.4, -0.2) is 36.3 Å². The average molecular weight is 276 g/mol. The predicted molar refractivity (Wildman–Crippen MR) is 74.3 cm³/mol. The Balaban J connectivity index is 1.80. The Morgan fingerprint density at radius 1 is 1.25 bits per heavy atom. The summed E-state index contributed by atoms with van der Waals surface area (Å²) < 4.78 is 13.3. The van der Waals surface area contributed by atoms with Gasteiger partial charge in [-0.15, -0.1) is 0 Å². The molecule has 1 aliphatic heterocycles. The van der Waals surface area contributed by atoms with Crippen LogP contribution in [0.15, 0.2) is 30.3 Å². The van der Waals surface area contributed by atoms with Gasteiger partial charge in [-0.2, -0.15) is 0 Å². The molecule has 4 nitrogen and oxygen atoms in total. The van der Waals surface area contributed by atoms with Gasteiger partial charge in [-0.25, -0.2) is 4.39 Å². The molecule has 5 heteroatoms. The summed E-state index contributed by atoms with van der Waals surface area (Å²) in [6.45, 7) is 1.51. The minimum Gasteiger partial charge on any atom is -0.343 e. The molecule has 20 heavy (non-hydrogen) atoms. The molecule has 2 amide bonds. The summed E-state index contributed by atoms with van der Waals surface area (Å²) in [5, 5.41) is 2.51. The lowest BCUT2D eigenvalue weighted by Crippen LogP contribution is -2.38. The van der Waals surface area contributed by atoms with Crippen molar-refractivity contribution in [2.24, 2.45) is 0 Å². The van der Waals surface area contributed by atoms with Gasteiger partial charge < -0.3 is 10.2 Å². The standard InChI is InChI=1S/C15H17FN2O2/c16-13-6-2-1-5-12(13)7-8-14(19)17-11-15(20)18-9-3-4-10-18/h1-2,5-8H,3-4,9-11H2,(H,17,19). The van der Waals surface area contributed by atoms with Gasteiger partial charge in [-0.3, -0.25) is 9.59 Å². The zero-order chi connectivity index (χ0) is 14.4. The fraction of sp³-hybridized carbons (Fsp3) is 0.333. The second kappa shape index (κ2) is 6.84. The van der Waals surface area contributed by atoms with Crippen molar-refractivity contribution < 1.29 is 14.0 Å². The smallest absolute Gasteiger partial charge is 0.244 e. The minimum absolute atomic E-state index is 0.0134. The van der Waals surface area contributed by atoms with Crippen molar-refractivity contribution in [1.29, 1.82) is 0 Å². The lowest BCUT2D eigenvalue weighted by molar-refractivity contribution is -0.131. The predicted octanol–water partition coefficient (Wildman–Crippen LogP) is 1.58. The average Bonchev–Trinajstić information content (AvgIpc) is 2.98. The van der Waals surface area contributed by atoms with Crippen LogP contribution < -0.4 is 5.32 Å². The molecule has 0 aromatic heterocycles. The van der Waals surface area contributed by atoms with E-state index in [1.807, 2.05) is 0 Å². The lowest BCUT2D eigenvalue weighted by atomic mass is 10.2. The first-order chi connectivity index (χ1) is 9.66. The van der Waals surface area contributed by atoms with E-state index in [0.717, 1.165) is 25.9 Å². The van der Waals surface area contributed by atoms with Crippen molar-refractivity contribution in [1.82, 2.24) is 10.2 Å². The van der Waals surface area contributed by atoms with E-state index < -0.39 is 5.91 Å². The third-order valence-corrected chi connectivity index (χ3v) is 3.19. The normalized spacial score (nSPS) is 14.8. The fourth-order valence-electron chi connectivity index (χ4n) is 2.08. The van der Waals surface area contributed by atoms with Crippen molar-refractivity contribution in [3.8, 4) is 0 Å². The van der Waals surface area contributed by atoms with E-state index in [9.17, 15) is 14.0 Å². The highest BCUT2D eigenvalue weighted by Crippen LogP contribution is 2.08. The van der Waals surface area contributed by atoms with Gasteiger partial charge in [0.05, 0.1) is 6.54 Å². The van der Waals surface area contributed by atoms with Gasteiger partial charge in [0.25, 0.3) is 0 Å². The monoisotopic (exact) mass is 276 g/mol. The SMILES string of the molecule is O=C(C=Cc1ccccc1F)NCC(=O)N1CCCC1. The number of likely N-dealkylation sites (tertiary alicyclic amines) is 1. The van der Waals surface area contributed by atoms with Gasteiger partial charge >= 0.3 is 0 Å². The number of benzene rings is 1. The Morgan fingerprint density at radius 2 is 1.95 bits per heavy atom. The summed E-state index contributed by atoms with van der Waals surface area (Å²) in [6.07, 6.45) is 4.67. The zero-order valence-corrected chi connectivity index (χ0v) is 11.1. The maximum absolute atomic E-state index is 13.3. The topological polar surface area (TPSA) is 49.4 Å². The van der Waals surface area contributed by atoms with Gasteiger partial charge in [0.1, 0.15) is 5.82 Å². The van der Waals surface area contributed by atoms with Crippen LogP contribution >= 0.6 is 0 Å². The molecule has 0 unspecified atom stereocenters. The highest BCUT2D eigenvalue weighted by Gasteiger charge is 2.17. The van der Waals surface area contributed by atoms with Crippen LogP contribution in [0.1, 0.15) is 18.4 Å². The molecule has 0 saturated carbocycles. The number of carbonyl (C=O) groups excluding carboxylic acids is 2. The first-order valence-electron chi connectivity index (χ1n) is 6.65. The van der Waals surface area contributed by atoms with E-state index >= 15 is 0 Å². The maximum atomic E-state index is 13.3. The van der Waals surface area contributed by atoms with E-state index in [1.165, 1.54) is 18.2 Å². The van der Waals surface area contributed by atoms with Crippen molar-refractivity contribution >= 4 is 17.9 Å². The number of amides is 2. The van der Waals surface area contributed by atoms with Crippen molar-refractivity contribution in [3.05, 3.63) is 41.7 Å². The summed E-state index contributed by atoms with van der Waals surface area (Å²) in [7, 11) is 0. The quantitative estimate of drug-likeness (QED) is 0.849. The molecular formula is C15H17FN2O2. The zero-order valence-electron chi connectivity index (χ0n) is 11.1. The number of carbonyl (C=O) groups is 2. The van der Waals surface area contributed by atoms with Crippen LogP contribution in [-0.2, 0) is 9.59 Å². The number of nitrogens with one attached hydrogen (secondary N) is 1. The van der Waals surface area contributed by atoms with Crippen LogP contribution in [0.25, 0.3) is 6.08 Å². The van der Waals surface area contributed by atoms with Gasteiger partial charge in [0, 0.05) is 24.7 Å². The molecule has 1 N–H and O–H groups in total. The summed E-state index contributed by atoms with van der Waals surface area (Å²) in [5.74, 6) is -0.861. The second-order valence-corrected chi connectivity index (χ2v) is 4.66. The molecule has 106 valence electrons. The van der Waals surface area contributed by atoms with E-state index in [-0.39, 0.29) is 18.3 Å². The second-order valence-electron chi connectivity index (χ2n) is 4.66. The Hall–Kier alpha value is -2.17. The summed E-state index contributed by atoms with van der Waals surface area (Å²) in [4.78, 5) is 25.0. The van der Waals surface area contributed by atoms with E-state index in [4.69, 9.17) is 0 Å². The van der Waals surface area contributed by atoms with E-state index in [1.54, 1.807) is 23.1 Å². The molecule has 2 rings (SSSR count). The molecule has 1 fully saturated rings. The van der Waals surface area contributed by atoms with Crippen LogP contribution in [0.4, 0.5) is 4.39 Å². The molecule has 0 bridgehead atoms.